The molecule has 1 spiro atoms. The Labute approximate surface area is 248 Å². The van der Waals surface area contributed by atoms with Gasteiger partial charge in [-0.05, 0) is 68.7 Å². The monoisotopic (exact) mass is 586 g/mol. The molecule has 3 saturated heterocycles. The average Bonchev–Trinajstić information content (AvgIpc) is 3.44. The van der Waals surface area contributed by atoms with Crippen molar-refractivity contribution in [2.75, 3.05) is 24.7 Å². The van der Waals surface area contributed by atoms with Crippen LogP contribution in [0.2, 0.25) is 5.02 Å². The molecule has 1 aromatic carbocycles. The van der Waals surface area contributed by atoms with E-state index < -0.39 is 41.1 Å². The van der Waals surface area contributed by atoms with E-state index in [9.17, 15) is 19.5 Å². The van der Waals surface area contributed by atoms with E-state index in [2.05, 4.69) is 13.2 Å². The number of unbranched alkanes of at least 4 members (excludes halogenated alkanes) is 2. The molecule has 9 heteroatoms. The Morgan fingerprint density at radius 3 is 2.51 bits per heavy atom. The summed E-state index contributed by atoms with van der Waals surface area (Å²) in [6.45, 7) is 15.3. The number of aliphatic hydroxyl groups is 1. The Kier molecular flexibility index (Phi) is 9.36. The molecule has 3 heterocycles. The Hall–Kier alpha value is -2.68. The van der Waals surface area contributed by atoms with Crippen LogP contribution in [0.4, 0.5) is 5.69 Å². The first kappa shape index (κ1) is 31.3. The van der Waals surface area contributed by atoms with E-state index >= 15 is 0 Å². The lowest BCUT2D eigenvalue weighted by Crippen LogP contribution is -2.60. The number of carbonyl (C=O) groups is 3. The quantitative estimate of drug-likeness (QED) is 0.203. The van der Waals surface area contributed by atoms with E-state index in [-0.39, 0.29) is 43.4 Å². The van der Waals surface area contributed by atoms with Crippen molar-refractivity contribution in [3.05, 3.63) is 54.6 Å². The van der Waals surface area contributed by atoms with E-state index in [0.29, 0.717) is 23.6 Å². The standard InChI is InChI=1S/C32H43ClN2O6/c1-7-9-10-11-17-40-30(39)26-25-28(37)35(24(19-36)20(3)4)27(32(25)18-21(5)31(26,6)41-32)29(38)34(16-8-2)23-14-12-22(33)13-15-23/h7-8,12-15,20-21,24-27,36H,1-2,9-11,16-19H2,3-6H3/t21?,24-,25-,26+,27?,31-,32?/m0/s1. The second-order valence-electron chi connectivity index (χ2n) is 12.1. The van der Waals surface area contributed by atoms with E-state index in [1.165, 1.54) is 4.90 Å². The fraction of sp³-hybridized carbons (Fsp3) is 0.594. The van der Waals surface area contributed by atoms with Crippen LogP contribution in [0.1, 0.15) is 53.4 Å². The number of benzene rings is 1. The van der Waals surface area contributed by atoms with Crippen LogP contribution < -0.4 is 4.90 Å². The van der Waals surface area contributed by atoms with Crippen LogP contribution >= 0.6 is 11.6 Å². The molecule has 7 atom stereocenters. The van der Waals surface area contributed by atoms with Gasteiger partial charge < -0.3 is 24.4 Å². The maximum Gasteiger partial charge on any atom is 0.312 e. The molecule has 3 aliphatic rings. The van der Waals surface area contributed by atoms with Gasteiger partial charge in [0, 0.05) is 17.3 Å². The lowest BCUT2D eigenvalue weighted by molar-refractivity contribution is -0.163. The number of halogens is 1. The van der Waals surface area contributed by atoms with Crippen LogP contribution in [0.3, 0.4) is 0 Å². The molecule has 3 aliphatic heterocycles. The van der Waals surface area contributed by atoms with Crippen LogP contribution in [0.5, 0.6) is 0 Å². The average molecular weight is 587 g/mol. The zero-order valence-corrected chi connectivity index (χ0v) is 25.3. The zero-order chi connectivity index (χ0) is 30.1. The Morgan fingerprint density at radius 1 is 1.24 bits per heavy atom. The van der Waals surface area contributed by atoms with Crippen LogP contribution in [0.25, 0.3) is 0 Å². The maximum absolute atomic E-state index is 14.7. The van der Waals surface area contributed by atoms with Crippen LogP contribution in [0, 0.1) is 23.7 Å². The third-order valence-corrected chi connectivity index (χ3v) is 9.57. The minimum absolute atomic E-state index is 0.116. The van der Waals surface area contributed by atoms with Gasteiger partial charge in [-0.1, -0.05) is 44.5 Å². The second kappa shape index (κ2) is 12.3. The van der Waals surface area contributed by atoms with Crippen molar-refractivity contribution in [2.45, 2.75) is 76.7 Å². The zero-order valence-electron chi connectivity index (χ0n) is 24.6. The molecule has 0 aliphatic carbocycles. The number of aliphatic hydroxyl groups excluding tert-OH is 1. The number of anilines is 1. The van der Waals surface area contributed by atoms with Crippen molar-refractivity contribution in [2.24, 2.45) is 23.7 Å². The fourth-order valence-electron chi connectivity index (χ4n) is 7.17. The molecule has 224 valence electrons. The molecule has 2 bridgehead atoms. The third kappa shape index (κ3) is 5.23. The number of nitrogens with zero attached hydrogens (tertiary/aromatic N) is 2. The normalized spacial score (nSPS) is 30.8. The summed E-state index contributed by atoms with van der Waals surface area (Å²) >= 11 is 6.13. The molecular formula is C32H43ClN2O6. The highest BCUT2D eigenvalue weighted by Gasteiger charge is 2.81. The predicted octanol–water partition coefficient (Wildman–Crippen LogP) is 4.79. The van der Waals surface area contributed by atoms with Gasteiger partial charge in [0.15, 0.2) is 0 Å². The molecule has 41 heavy (non-hydrogen) atoms. The molecular weight excluding hydrogens is 544 g/mol. The number of carbonyl (C=O) groups excluding carboxylic acids is 3. The van der Waals surface area contributed by atoms with Gasteiger partial charge in [-0.2, -0.15) is 0 Å². The molecule has 3 fully saturated rings. The number of allylic oxidation sites excluding steroid dienone is 1. The van der Waals surface area contributed by atoms with Crippen molar-refractivity contribution in [3.8, 4) is 0 Å². The molecule has 0 radical (unpaired) electrons. The summed E-state index contributed by atoms with van der Waals surface area (Å²) in [5.74, 6) is -3.22. The van der Waals surface area contributed by atoms with Crippen molar-refractivity contribution in [3.63, 3.8) is 0 Å². The van der Waals surface area contributed by atoms with Crippen LogP contribution in [0.15, 0.2) is 49.6 Å². The van der Waals surface area contributed by atoms with Gasteiger partial charge in [0.1, 0.15) is 17.6 Å². The molecule has 3 unspecified atom stereocenters. The highest BCUT2D eigenvalue weighted by molar-refractivity contribution is 6.30. The minimum Gasteiger partial charge on any atom is -0.465 e. The van der Waals surface area contributed by atoms with Gasteiger partial charge in [0.05, 0.1) is 30.8 Å². The highest BCUT2D eigenvalue weighted by Crippen LogP contribution is 2.66. The Morgan fingerprint density at radius 2 is 1.93 bits per heavy atom. The first-order chi connectivity index (χ1) is 19.5. The van der Waals surface area contributed by atoms with Crippen molar-refractivity contribution >= 4 is 35.1 Å². The number of rotatable bonds is 13. The van der Waals surface area contributed by atoms with E-state index in [4.69, 9.17) is 21.1 Å². The van der Waals surface area contributed by atoms with Gasteiger partial charge >= 0.3 is 5.97 Å². The summed E-state index contributed by atoms with van der Waals surface area (Å²) in [6, 6.07) is 5.19. The smallest absolute Gasteiger partial charge is 0.312 e. The maximum atomic E-state index is 14.7. The molecule has 1 N–H and O–H groups in total. The summed E-state index contributed by atoms with van der Waals surface area (Å²) in [5, 5.41) is 11.0. The van der Waals surface area contributed by atoms with Gasteiger partial charge in [-0.3, -0.25) is 14.4 Å². The van der Waals surface area contributed by atoms with Gasteiger partial charge in [-0.25, -0.2) is 0 Å². The first-order valence-corrected chi connectivity index (χ1v) is 14.9. The SMILES string of the molecule is C=CCCCCOC(=O)[C@H]1[C@H]2C(=O)N([C@@H](CO)C(C)C)C(C(=O)N(CC=C)c3ccc(Cl)cc3)C23CC(C)[C@]1(C)O3. The topological polar surface area (TPSA) is 96.4 Å². The summed E-state index contributed by atoms with van der Waals surface area (Å²) in [4.78, 5) is 45.9. The lowest BCUT2D eigenvalue weighted by atomic mass is 9.62. The minimum atomic E-state index is -1.25. The van der Waals surface area contributed by atoms with Gasteiger partial charge in [-0.15, -0.1) is 13.2 Å². The summed E-state index contributed by atoms with van der Waals surface area (Å²) in [5.41, 5.74) is -1.62. The lowest BCUT2D eigenvalue weighted by Gasteiger charge is -2.40. The van der Waals surface area contributed by atoms with Gasteiger partial charge in [0.2, 0.25) is 5.91 Å². The molecule has 2 amide bonds. The van der Waals surface area contributed by atoms with Crippen LogP contribution in [-0.2, 0) is 23.9 Å². The fourth-order valence-corrected chi connectivity index (χ4v) is 7.29. The number of hydrogen-bond acceptors (Lipinski definition) is 6. The van der Waals surface area contributed by atoms with Crippen molar-refractivity contribution < 1.29 is 29.0 Å². The Balaban J connectivity index is 1.79. The van der Waals surface area contributed by atoms with Crippen LogP contribution in [-0.4, -0.2) is 70.8 Å². The number of ether oxygens (including phenoxy) is 2. The first-order valence-electron chi connectivity index (χ1n) is 14.6. The number of hydrogen-bond donors (Lipinski definition) is 1. The number of amides is 2. The summed E-state index contributed by atoms with van der Waals surface area (Å²) in [7, 11) is 0. The van der Waals surface area contributed by atoms with E-state index in [0.717, 1.165) is 12.8 Å². The molecule has 1 aromatic rings. The van der Waals surface area contributed by atoms with E-state index in [1.54, 1.807) is 35.2 Å². The van der Waals surface area contributed by atoms with Crippen molar-refractivity contribution in [1.29, 1.82) is 0 Å². The second-order valence-corrected chi connectivity index (χ2v) is 12.5. The Bertz CT molecular complexity index is 1170. The molecule has 8 nitrogen and oxygen atoms in total. The van der Waals surface area contributed by atoms with Gasteiger partial charge in [0.25, 0.3) is 5.91 Å². The summed E-state index contributed by atoms with van der Waals surface area (Å²) in [6.07, 6.45) is 6.24. The molecule has 4 rings (SSSR count). The van der Waals surface area contributed by atoms with Crippen molar-refractivity contribution in [1.82, 2.24) is 4.90 Å². The number of likely N-dealkylation sites (tertiary alicyclic amines) is 1. The number of fused-ring (bicyclic) bond motifs is 1. The summed E-state index contributed by atoms with van der Waals surface area (Å²) < 4.78 is 12.5. The third-order valence-electron chi connectivity index (χ3n) is 9.32. The number of esters is 1. The highest BCUT2D eigenvalue weighted by atomic mass is 35.5. The van der Waals surface area contributed by atoms with E-state index in [1.807, 2.05) is 33.8 Å². The predicted molar refractivity (Wildman–Crippen MR) is 158 cm³/mol. The molecule has 0 aromatic heterocycles. The largest absolute Gasteiger partial charge is 0.465 e. The molecule has 0 saturated carbocycles.